The van der Waals surface area contributed by atoms with Crippen LogP contribution in [-0.2, 0) is 0 Å². The number of benzene rings is 1. The first-order valence-electron chi connectivity index (χ1n) is 6.30. The number of anilines is 1. The first kappa shape index (κ1) is 13.9. The summed E-state index contributed by atoms with van der Waals surface area (Å²) in [4.78, 5) is 17.7. The van der Waals surface area contributed by atoms with Crippen molar-refractivity contribution < 1.29 is 4.79 Å². The standard InChI is InChI=1S/C15H13N3OS2/c1-20-12-6-4-5-11(9-12)16-14(19)13-10-21-15(17-13)18-7-2-3-8-18/h2-10H,1H3,(H,16,19). The van der Waals surface area contributed by atoms with Gasteiger partial charge in [-0.05, 0) is 36.6 Å². The number of carbonyl (C=O) groups is 1. The number of rotatable bonds is 4. The molecule has 106 valence electrons. The minimum atomic E-state index is -0.192. The zero-order chi connectivity index (χ0) is 14.7. The maximum Gasteiger partial charge on any atom is 0.275 e. The molecule has 0 fully saturated rings. The Kier molecular flexibility index (Phi) is 4.08. The number of carbonyl (C=O) groups excluding carboxylic acids is 1. The molecular weight excluding hydrogens is 302 g/mol. The van der Waals surface area contributed by atoms with E-state index < -0.39 is 0 Å². The Morgan fingerprint density at radius 2 is 2.10 bits per heavy atom. The highest BCUT2D eigenvalue weighted by molar-refractivity contribution is 7.98. The molecule has 2 heterocycles. The molecule has 0 atom stereocenters. The summed E-state index contributed by atoms with van der Waals surface area (Å²) in [5.74, 6) is -0.192. The van der Waals surface area contributed by atoms with Crippen LogP contribution in [0.3, 0.4) is 0 Å². The number of nitrogens with one attached hydrogen (secondary N) is 1. The highest BCUT2D eigenvalue weighted by Gasteiger charge is 2.11. The van der Waals surface area contributed by atoms with Gasteiger partial charge in [0.25, 0.3) is 5.91 Å². The maximum atomic E-state index is 12.2. The molecule has 3 rings (SSSR count). The smallest absolute Gasteiger partial charge is 0.275 e. The van der Waals surface area contributed by atoms with Gasteiger partial charge in [-0.3, -0.25) is 4.79 Å². The van der Waals surface area contributed by atoms with E-state index in [1.807, 2.05) is 59.6 Å². The normalized spacial score (nSPS) is 10.5. The summed E-state index contributed by atoms with van der Waals surface area (Å²) in [7, 11) is 0. The minimum absolute atomic E-state index is 0.192. The molecule has 1 aromatic carbocycles. The van der Waals surface area contributed by atoms with E-state index in [1.54, 1.807) is 17.1 Å². The molecule has 0 aliphatic rings. The van der Waals surface area contributed by atoms with Crippen molar-refractivity contribution in [2.45, 2.75) is 4.90 Å². The molecule has 21 heavy (non-hydrogen) atoms. The number of thiazole rings is 1. The fourth-order valence-corrected chi connectivity index (χ4v) is 3.08. The Bertz CT molecular complexity index is 750. The molecule has 0 aliphatic carbocycles. The molecule has 3 aromatic rings. The Morgan fingerprint density at radius 3 is 2.86 bits per heavy atom. The van der Waals surface area contributed by atoms with Crippen molar-refractivity contribution in [1.29, 1.82) is 0 Å². The van der Waals surface area contributed by atoms with Gasteiger partial charge in [-0.2, -0.15) is 0 Å². The van der Waals surface area contributed by atoms with E-state index in [0.717, 1.165) is 15.7 Å². The van der Waals surface area contributed by atoms with E-state index in [1.165, 1.54) is 11.3 Å². The van der Waals surface area contributed by atoms with Gasteiger partial charge < -0.3 is 9.88 Å². The summed E-state index contributed by atoms with van der Waals surface area (Å²) in [6, 6.07) is 11.6. The molecule has 0 radical (unpaired) electrons. The van der Waals surface area contributed by atoms with Crippen LogP contribution in [0.15, 0.2) is 59.1 Å². The van der Waals surface area contributed by atoms with Gasteiger partial charge >= 0.3 is 0 Å². The van der Waals surface area contributed by atoms with E-state index >= 15 is 0 Å². The predicted molar refractivity (Wildman–Crippen MR) is 87.6 cm³/mol. The van der Waals surface area contributed by atoms with Crippen molar-refractivity contribution in [1.82, 2.24) is 9.55 Å². The molecule has 0 saturated carbocycles. The van der Waals surface area contributed by atoms with Crippen LogP contribution in [0, 0.1) is 0 Å². The van der Waals surface area contributed by atoms with Gasteiger partial charge in [0, 0.05) is 28.4 Å². The van der Waals surface area contributed by atoms with Crippen LogP contribution in [0.5, 0.6) is 0 Å². The van der Waals surface area contributed by atoms with Crippen molar-refractivity contribution in [2.24, 2.45) is 0 Å². The van der Waals surface area contributed by atoms with Gasteiger partial charge in [-0.15, -0.1) is 23.1 Å². The van der Waals surface area contributed by atoms with Crippen LogP contribution in [0.4, 0.5) is 5.69 Å². The maximum absolute atomic E-state index is 12.2. The minimum Gasteiger partial charge on any atom is -0.321 e. The summed E-state index contributed by atoms with van der Waals surface area (Å²) in [6.07, 6.45) is 5.82. The van der Waals surface area contributed by atoms with Crippen LogP contribution >= 0.6 is 23.1 Å². The molecule has 0 saturated heterocycles. The fourth-order valence-electron chi connectivity index (χ4n) is 1.85. The van der Waals surface area contributed by atoms with E-state index in [-0.39, 0.29) is 5.91 Å². The van der Waals surface area contributed by atoms with Crippen molar-refractivity contribution in [3.63, 3.8) is 0 Å². The number of hydrogen-bond donors (Lipinski definition) is 1. The molecule has 0 aliphatic heterocycles. The average molecular weight is 315 g/mol. The second-order valence-corrected chi connectivity index (χ2v) is 6.01. The van der Waals surface area contributed by atoms with E-state index in [2.05, 4.69) is 10.3 Å². The number of hydrogen-bond acceptors (Lipinski definition) is 4. The van der Waals surface area contributed by atoms with Gasteiger partial charge in [0.1, 0.15) is 5.69 Å². The largest absolute Gasteiger partial charge is 0.321 e. The SMILES string of the molecule is CSc1cccc(NC(=O)c2csc(-n3cccc3)n2)c1. The van der Waals surface area contributed by atoms with Gasteiger partial charge in [0.05, 0.1) is 0 Å². The van der Waals surface area contributed by atoms with Crippen LogP contribution in [-0.4, -0.2) is 21.7 Å². The molecule has 6 heteroatoms. The lowest BCUT2D eigenvalue weighted by atomic mass is 10.3. The molecule has 1 N–H and O–H groups in total. The van der Waals surface area contributed by atoms with Gasteiger partial charge in [0.2, 0.25) is 0 Å². The highest BCUT2D eigenvalue weighted by atomic mass is 32.2. The highest BCUT2D eigenvalue weighted by Crippen LogP contribution is 2.20. The third kappa shape index (κ3) is 3.17. The fraction of sp³-hybridized carbons (Fsp3) is 0.0667. The van der Waals surface area contributed by atoms with Crippen molar-refractivity contribution >= 4 is 34.7 Å². The molecule has 1 amide bonds. The van der Waals surface area contributed by atoms with E-state index in [9.17, 15) is 4.79 Å². The number of aromatic nitrogens is 2. The monoisotopic (exact) mass is 315 g/mol. The quantitative estimate of drug-likeness (QED) is 0.743. The van der Waals surface area contributed by atoms with Crippen molar-refractivity contribution in [3.05, 3.63) is 59.9 Å². The Morgan fingerprint density at radius 1 is 1.29 bits per heavy atom. The Labute approximate surface area is 130 Å². The molecule has 4 nitrogen and oxygen atoms in total. The van der Waals surface area contributed by atoms with Crippen LogP contribution < -0.4 is 5.32 Å². The number of nitrogens with zero attached hydrogens (tertiary/aromatic N) is 2. The number of thioether (sulfide) groups is 1. The zero-order valence-corrected chi connectivity index (χ0v) is 12.9. The summed E-state index contributed by atoms with van der Waals surface area (Å²) < 4.78 is 1.88. The molecular formula is C15H13N3OS2. The van der Waals surface area contributed by atoms with Crippen molar-refractivity contribution in [3.8, 4) is 5.13 Å². The molecule has 2 aromatic heterocycles. The van der Waals surface area contributed by atoms with E-state index in [4.69, 9.17) is 0 Å². The van der Waals surface area contributed by atoms with Gasteiger partial charge in [-0.25, -0.2) is 4.98 Å². The first-order chi connectivity index (χ1) is 10.3. The predicted octanol–water partition coefficient (Wildman–Crippen LogP) is 3.91. The summed E-state index contributed by atoms with van der Waals surface area (Å²) in [5, 5.41) is 5.42. The van der Waals surface area contributed by atoms with Crippen LogP contribution in [0.1, 0.15) is 10.5 Å². The molecule has 0 spiro atoms. The Hall–Kier alpha value is -2.05. The second kappa shape index (κ2) is 6.15. The lowest BCUT2D eigenvalue weighted by molar-refractivity contribution is 0.102. The number of amides is 1. The van der Waals surface area contributed by atoms with Crippen LogP contribution in [0.25, 0.3) is 5.13 Å². The first-order valence-corrected chi connectivity index (χ1v) is 8.41. The summed E-state index contributed by atoms with van der Waals surface area (Å²) >= 11 is 3.08. The molecule has 0 bridgehead atoms. The zero-order valence-electron chi connectivity index (χ0n) is 11.3. The van der Waals surface area contributed by atoms with Gasteiger partial charge in [-0.1, -0.05) is 6.07 Å². The average Bonchev–Trinajstić information content (AvgIpc) is 3.18. The summed E-state index contributed by atoms with van der Waals surface area (Å²) in [6.45, 7) is 0. The lowest BCUT2D eigenvalue weighted by Gasteiger charge is -2.04. The third-order valence-electron chi connectivity index (χ3n) is 2.88. The van der Waals surface area contributed by atoms with Crippen LogP contribution in [0.2, 0.25) is 0 Å². The molecule has 0 unspecified atom stereocenters. The lowest BCUT2D eigenvalue weighted by Crippen LogP contribution is -2.12. The topological polar surface area (TPSA) is 46.9 Å². The van der Waals surface area contributed by atoms with E-state index in [0.29, 0.717) is 5.69 Å². The summed E-state index contributed by atoms with van der Waals surface area (Å²) in [5.41, 5.74) is 1.21. The van der Waals surface area contributed by atoms with Crippen molar-refractivity contribution in [2.75, 3.05) is 11.6 Å². The van der Waals surface area contributed by atoms with Gasteiger partial charge in [0.15, 0.2) is 5.13 Å². The second-order valence-electron chi connectivity index (χ2n) is 4.29. The third-order valence-corrected chi connectivity index (χ3v) is 4.46. The Balaban J connectivity index is 1.76.